The molecule has 0 aromatic carbocycles. The molecule has 1 aliphatic carbocycles. The van der Waals surface area contributed by atoms with Gasteiger partial charge in [-0.25, -0.2) is 0 Å². The molecule has 0 saturated heterocycles. The number of aliphatic carboxylic acids is 1. The Labute approximate surface area is 173 Å². The topological polar surface area (TPSA) is 88.4 Å². The van der Waals surface area contributed by atoms with Crippen LogP contribution in [0.5, 0.6) is 0 Å². The van der Waals surface area contributed by atoms with Crippen LogP contribution in [-0.4, -0.2) is 27.1 Å². The Balaban J connectivity index is 2.44. The van der Waals surface area contributed by atoms with Crippen molar-refractivity contribution in [1.29, 1.82) is 0 Å². The lowest BCUT2D eigenvalue weighted by Crippen LogP contribution is -2.52. The van der Waals surface area contributed by atoms with Gasteiger partial charge in [-0.15, -0.1) is 0 Å². The Morgan fingerprint density at radius 2 is 1.83 bits per heavy atom. The molecule has 1 saturated carbocycles. The van der Waals surface area contributed by atoms with Gasteiger partial charge in [0.2, 0.25) is 0 Å². The van der Waals surface area contributed by atoms with Crippen LogP contribution >= 0.6 is 0 Å². The number of nitrogens with zero attached hydrogens (tertiary/aromatic N) is 1. The third-order valence-electron chi connectivity index (χ3n) is 6.02. The van der Waals surface area contributed by atoms with Crippen LogP contribution in [0.1, 0.15) is 100 Å². The van der Waals surface area contributed by atoms with E-state index in [-0.39, 0.29) is 17.5 Å². The van der Waals surface area contributed by atoms with Crippen molar-refractivity contribution in [2.75, 3.05) is 0 Å². The molecule has 1 aliphatic rings. The quantitative estimate of drug-likeness (QED) is 0.615. The summed E-state index contributed by atoms with van der Waals surface area (Å²) in [5.41, 5.74) is 1.20. The molecule has 6 nitrogen and oxygen atoms in total. The van der Waals surface area contributed by atoms with Crippen molar-refractivity contribution in [3.63, 3.8) is 0 Å². The molecule has 1 fully saturated rings. The number of hydrogen-bond donors (Lipinski definition) is 2. The summed E-state index contributed by atoms with van der Waals surface area (Å²) in [6.45, 7) is 6.82. The fraction of sp³-hybridized carbons (Fsp3) is 0.696. The first kappa shape index (κ1) is 23.2. The van der Waals surface area contributed by atoms with E-state index in [1.54, 1.807) is 10.6 Å². The summed E-state index contributed by atoms with van der Waals surface area (Å²) in [6.07, 6.45) is 8.37. The van der Waals surface area contributed by atoms with Gasteiger partial charge in [0.25, 0.3) is 11.5 Å². The first-order valence-electron chi connectivity index (χ1n) is 11.2. The van der Waals surface area contributed by atoms with Gasteiger partial charge in [-0.1, -0.05) is 52.9 Å². The predicted molar refractivity (Wildman–Crippen MR) is 115 cm³/mol. The second kappa shape index (κ2) is 10.6. The van der Waals surface area contributed by atoms with Crippen molar-refractivity contribution in [2.24, 2.45) is 0 Å². The molecule has 0 unspecified atom stereocenters. The van der Waals surface area contributed by atoms with E-state index in [2.05, 4.69) is 19.2 Å². The zero-order valence-corrected chi connectivity index (χ0v) is 18.2. The van der Waals surface area contributed by atoms with Crippen LogP contribution in [0.2, 0.25) is 0 Å². The van der Waals surface area contributed by atoms with E-state index in [0.29, 0.717) is 19.4 Å². The predicted octanol–water partition coefficient (Wildman–Crippen LogP) is 4.07. The van der Waals surface area contributed by atoms with Crippen molar-refractivity contribution in [1.82, 2.24) is 9.88 Å². The third-order valence-corrected chi connectivity index (χ3v) is 6.02. The number of amides is 1. The lowest BCUT2D eigenvalue weighted by Gasteiger charge is -2.37. The van der Waals surface area contributed by atoms with Crippen molar-refractivity contribution < 1.29 is 14.7 Å². The second-order valence-electron chi connectivity index (χ2n) is 8.31. The zero-order valence-electron chi connectivity index (χ0n) is 18.2. The van der Waals surface area contributed by atoms with Gasteiger partial charge in [0, 0.05) is 12.2 Å². The molecular formula is C23H36N2O4. The molecular weight excluding hydrogens is 368 g/mol. The minimum absolute atomic E-state index is 0.0999. The first-order valence-corrected chi connectivity index (χ1v) is 11.2. The lowest BCUT2D eigenvalue weighted by atomic mass is 9.79. The van der Waals surface area contributed by atoms with Gasteiger partial charge in [-0.3, -0.25) is 14.4 Å². The fourth-order valence-electron chi connectivity index (χ4n) is 4.49. The Morgan fingerprint density at radius 1 is 1.14 bits per heavy atom. The van der Waals surface area contributed by atoms with Gasteiger partial charge in [-0.05, 0) is 43.7 Å². The van der Waals surface area contributed by atoms with Crippen LogP contribution in [0.4, 0.5) is 0 Å². The first-order chi connectivity index (χ1) is 13.9. The van der Waals surface area contributed by atoms with Crippen molar-refractivity contribution in [3.8, 4) is 0 Å². The summed E-state index contributed by atoms with van der Waals surface area (Å²) in [4.78, 5) is 37.8. The highest BCUT2D eigenvalue weighted by atomic mass is 16.4. The van der Waals surface area contributed by atoms with Crippen LogP contribution in [-0.2, 0) is 24.2 Å². The van der Waals surface area contributed by atoms with E-state index in [1.165, 1.54) is 0 Å². The fourth-order valence-corrected chi connectivity index (χ4v) is 4.49. The van der Waals surface area contributed by atoms with E-state index in [1.807, 2.05) is 6.92 Å². The molecule has 1 heterocycles. The standard InChI is InChI=1S/C23H36N2O4/c1-4-7-14-25-19(11-5-2)17(6-3)15-18(22(25)29)21(28)24-23(16-20(26)27)12-9-8-10-13-23/h15H,4-14,16H2,1-3H3,(H,24,28)(H,26,27). The number of carboxylic acids is 1. The van der Waals surface area contributed by atoms with Crippen LogP contribution in [0.15, 0.2) is 10.9 Å². The average molecular weight is 405 g/mol. The average Bonchev–Trinajstić information content (AvgIpc) is 2.68. The molecule has 0 aliphatic heterocycles. The second-order valence-corrected chi connectivity index (χ2v) is 8.31. The van der Waals surface area contributed by atoms with Gasteiger partial charge in [0.1, 0.15) is 5.56 Å². The summed E-state index contributed by atoms with van der Waals surface area (Å²) in [6, 6.07) is 1.74. The molecule has 0 bridgehead atoms. The van der Waals surface area contributed by atoms with E-state index < -0.39 is 17.4 Å². The Kier molecular flexibility index (Phi) is 8.47. The minimum atomic E-state index is -0.917. The van der Waals surface area contributed by atoms with Crippen molar-refractivity contribution in [3.05, 3.63) is 33.2 Å². The van der Waals surface area contributed by atoms with Gasteiger partial charge < -0.3 is 15.0 Å². The number of pyridine rings is 1. The highest BCUT2D eigenvalue weighted by Crippen LogP contribution is 2.31. The maximum atomic E-state index is 13.2. The van der Waals surface area contributed by atoms with E-state index in [0.717, 1.165) is 62.6 Å². The number of hydrogen-bond acceptors (Lipinski definition) is 3. The van der Waals surface area contributed by atoms with Gasteiger partial charge >= 0.3 is 5.97 Å². The SMILES string of the molecule is CCCCn1c(CCC)c(CC)cc(C(=O)NC2(CC(=O)O)CCCCC2)c1=O. The molecule has 29 heavy (non-hydrogen) atoms. The van der Waals surface area contributed by atoms with E-state index in [4.69, 9.17) is 0 Å². The molecule has 0 atom stereocenters. The molecule has 0 radical (unpaired) electrons. The highest BCUT2D eigenvalue weighted by Gasteiger charge is 2.36. The smallest absolute Gasteiger partial charge is 0.305 e. The number of aromatic nitrogens is 1. The molecule has 2 rings (SSSR count). The van der Waals surface area contributed by atoms with Crippen molar-refractivity contribution in [2.45, 2.75) is 103 Å². The Hall–Kier alpha value is -2.11. The summed E-state index contributed by atoms with van der Waals surface area (Å²) in [5, 5.41) is 12.3. The van der Waals surface area contributed by atoms with Crippen LogP contribution in [0.25, 0.3) is 0 Å². The summed E-state index contributed by atoms with van der Waals surface area (Å²) < 4.78 is 1.78. The van der Waals surface area contributed by atoms with Gasteiger partial charge in [-0.2, -0.15) is 0 Å². The maximum Gasteiger partial charge on any atom is 0.305 e. The number of rotatable bonds is 10. The number of unbranched alkanes of at least 4 members (excludes halogenated alkanes) is 1. The summed E-state index contributed by atoms with van der Waals surface area (Å²) in [7, 11) is 0. The van der Waals surface area contributed by atoms with Crippen LogP contribution in [0.3, 0.4) is 0 Å². The van der Waals surface area contributed by atoms with Crippen LogP contribution in [0, 0.1) is 0 Å². The molecule has 1 aromatic rings. The number of aryl methyl sites for hydroxylation is 1. The highest BCUT2D eigenvalue weighted by molar-refractivity contribution is 5.95. The zero-order chi connectivity index (χ0) is 21.4. The van der Waals surface area contributed by atoms with Gasteiger partial charge in [0.05, 0.1) is 12.0 Å². The van der Waals surface area contributed by atoms with Crippen LogP contribution < -0.4 is 10.9 Å². The number of carboxylic acid groups (broad SMARTS) is 1. The monoisotopic (exact) mass is 404 g/mol. The van der Waals surface area contributed by atoms with E-state index >= 15 is 0 Å². The lowest BCUT2D eigenvalue weighted by molar-refractivity contribution is -0.139. The third kappa shape index (κ3) is 5.71. The Morgan fingerprint density at radius 3 is 2.38 bits per heavy atom. The largest absolute Gasteiger partial charge is 0.481 e. The van der Waals surface area contributed by atoms with E-state index in [9.17, 15) is 19.5 Å². The molecule has 6 heteroatoms. The van der Waals surface area contributed by atoms with Gasteiger partial charge in [0.15, 0.2) is 0 Å². The number of nitrogens with one attached hydrogen (secondary N) is 1. The molecule has 162 valence electrons. The molecule has 2 N–H and O–H groups in total. The number of carbonyl (C=O) groups excluding carboxylic acids is 1. The Bertz CT molecular complexity index is 776. The molecule has 1 amide bonds. The molecule has 1 aromatic heterocycles. The maximum absolute atomic E-state index is 13.2. The van der Waals surface area contributed by atoms with Crippen molar-refractivity contribution >= 4 is 11.9 Å². The molecule has 0 spiro atoms. The summed E-state index contributed by atoms with van der Waals surface area (Å²) in [5.74, 6) is -1.35. The summed E-state index contributed by atoms with van der Waals surface area (Å²) >= 11 is 0. The number of carbonyl (C=O) groups is 2. The minimum Gasteiger partial charge on any atom is -0.481 e. The normalized spacial score (nSPS) is 15.8.